The van der Waals surface area contributed by atoms with Gasteiger partial charge >= 0.3 is 0 Å². The van der Waals surface area contributed by atoms with Crippen LogP contribution in [0.5, 0.6) is 0 Å². The van der Waals surface area contributed by atoms with E-state index in [-0.39, 0.29) is 0 Å². The first-order chi connectivity index (χ1) is 8.24. The molecule has 96 valence electrons. The first-order valence-corrected chi connectivity index (χ1v) is 6.68. The van der Waals surface area contributed by atoms with Gasteiger partial charge in [0, 0.05) is 37.6 Å². The number of likely N-dealkylation sites (N-methyl/N-ethyl adjacent to an activating group) is 1. The number of nitrogens with one attached hydrogen (secondary N) is 1. The Morgan fingerprint density at radius 1 is 1.47 bits per heavy atom. The van der Waals surface area contributed by atoms with E-state index in [1.165, 1.54) is 19.3 Å². The molecule has 1 N–H and O–H groups in total. The zero-order valence-electron chi connectivity index (χ0n) is 11.2. The molecule has 4 heteroatoms. The number of piperidine rings is 1. The number of imidazole rings is 1. The second-order valence-corrected chi connectivity index (χ2v) is 5.13. The summed E-state index contributed by atoms with van der Waals surface area (Å²) < 4.78 is 2.27. The van der Waals surface area contributed by atoms with Crippen molar-refractivity contribution in [3.05, 3.63) is 12.4 Å². The largest absolute Gasteiger partial charge is 0.338 e. The fourth-order valence-electron chi connectivity index (χ4n) is 2.64. The van der Waals surface area contributed by atoms with Gasteiger partial charge in [-0.3, -0.25) is 0 Å². The van der Waals surface area contributed by atoms with E-state index in [1.807, 2.05) is 13.2 Å². The molecule has 2 rings (SSSR count). The van der Waals surface area contributed by atoms with E-state index in [0.717, 1.165) is 19.0 Å². The maximum atomic E-state index is 4.55. The van der Waals surface area contributed by atoms with Crippen LogP contribution in [-0.4, -0.2) is 35.7 Å². The minimum Gasteiger partial charge on any atom is -0.338 e. The van der Waals surface area contributed by atoms with Crippen LogP contribution in [0.25, 0.3) is 0 Å². The molecule has 4 nitrogen and oxygen atoms in total. The Morgan fingerprint density at radius 3 is 3.00 bits per heavy atom. The van der Waals surface area contributed by atoms with Gasteiger partial charge in [-0.25, -0.2) is 4.98 Å². The standard InChI is InChI=1S/C13H24N4/c1-11(2)16-9-7-15-13(16)17-8-5-4-6-12(17)10-14-3/h7,9,11-12,14H,4-6,8,10H2,1-3H3. The summed E-state index contributed by atoms with van der Waals surface area (Å²) in [5.74, 6) is 1.14. The van der Waals surface area contributed by atoms with Crippen molar-refractivity contribution in [1.29, 1.82) is 0 Å². The molecule has 17 heavy (non-hydrogen) atoms. The number of hydrogen-bond acceptors (Lipinski definition) is 3. The highest BCUT2D eigenvalue weighted by Crippen LogP contribution is 2.25. The molecular weight excluding hydrogens is 212 g/mol. The molecule has 0 spiro atoms. The molecule has 1 aromatic rings. The maximum Gasteiger partial charge on any atom is 0.205 e. The third kappa shape index (κ3) is 2.63. The molecule has 2 heterocycles. The van der Waals surface area contributed by atoms with Gasteiger partial charge in [0.15, 0.2) is 0 Å². The van der Waals surface area contributed by atoms with Crippen LogP contribution in [0.15, 0.2) is 12.4 Å². The molecular formula is C13H24N4. The van der Waals surface area contributed by atoms with Crippen LogP contribution in [0.1, 0.15) is 39.2 Å². The van der Waals surface area contributed by atoms with Crippen molar-refractivity contribution < 1.29 is 0 Å². The van der Waals surface area contributed by atoms with Crippen molar-refractivity contribution in [1.82, 2.24) is 14.9 Å². The monoisotopic (exact) mass is 236 g/mol. The van der Waals surface area contributed by atoms with E-state index in [0.29, 0.717) is 12.1 Å². The number of rotatable bonds is 4. The quantitative estimate of drug-likeness (QED) is 0.868. The highest BCUT2D eigenvalue weighted by molar-refractivity contribution is 5.34. The van der Waals surface area contributed by atoms with Crippen molar-refractivity contribution in [2.45, 2.75) is 45.2 Å². The Hall–Kier alpha value is -1.03. The average molecular weight is 236 g/mol. The molecule has 0 bridgehead atoms. The highest BCUT2D eigenvalue weighted by Gasteiger charge is 2.25. The molecule has 1 saturated heterocycles. The van der Waals surface area contributed by atoms with Crippen LogP contribution < -0.4 is 10.2 Å². The Kier molecular flexibility index (Phi) is 4.05. The van der Waals surface area contributed by atoms with Crippen LogP contribution in [0.3, 0.4) is 0 Å². The van der Waals surface area contributed by atoms with Crippen molar-refractivity contribution >= 4 is 5.95 Å². The van der Waals surface area contributed by atoms with E-state index in [1.54, 1.807) is 0 Å². The summed E-state index contributed by atoms with van der Waals surface area (Å²) in [6.07, 6.45) is 7.90. The van der Waals surface area contributed by atoms with Gasteiger partial charge in [0.2, 0.25) is 5.95 Å². The Labute approximate surface area is 104 Å². The van der Waals surface area contributed by atoms with Gasteiger partial charge in [-0.05, 0) is 40.2 Å². The molecule has 1 aliphatic rings. The first-order valence-electron chi connectivity index (χ1n) is 6.68. The SMILES string of the molecule is CNCC1CCCCN1c1nccn1C(C)C. The van der Waals surface area contributed by atoms with Crippen LogP contribution in [0, 0.1) is 0 Å². The van der Waals surface area contributed by atoms with Crippen LogP contribution in [-0.2, 0) is 0 Å². The van der Waals surface area contributed by atoms with Gasteiger partial charge in [0.1, 0.15) is 0 Å². The molecule has 1 fully saturated rings. The molecule has 0 radical (unpaired) electrons. The molecule has 1 aliphatic heterocycles. The van der Waals surface area contributed by atoms with Gasteiger partial charge in [-0.2, -0.15) is 0 Å². The van der Waals surface area contributed by atoms with Crippen LogP contribution >= 0.6 is 0 Å². The Balaban J connectivity index is 2.20. The third-order valence-electron chi connectivity index (χ3n) is 3.53. The molecule has 1 aromatic heterocycles. The Bertz CT molecular complexity index is 343. The van der Waals surface area contributed by atoms with E-state index in [9.17, 15) is 0 Å². The lowest BCUT2D eigenvalue weighted by molar-refractivity contribution is 0.430. The molecule has 0 aliphatic carbocycles. The van der Waals surface area contributed by atoms with Gasteiger partial charge in [-0.1, -0.05) is 0 Å². The average Bonchev–Trinajstić information content (AvgIpc) is 2.79. The van der Waals surface area contributed by atoms with Crippen molar-refractivity contribution in [3.63, 3.8) is 0 Å². The van der Waals surface area contributed by atoms with Crippen molar-refractivity contribution in [3.8, 4) is 0 Å². The lowest BCUT2D eigenvalue weighted by Gasteiger charge is -2.37. The zero-order chi connectivity index (χ0) is 12.3. The topological polar surface area (TPSA) is 33.1 Å². The fourth-order valence-corrected chi connectivity index (χ4v) is 2.64. The second kappa shape index (κ2) is 5.54. The highest BCUT2D eigenvalue weighted by atomic mass is 15.3. The predicted molar refractivity (Wildman–Crippen MR) is 71.5 cm³/mol. The summed E-state index contributed by atoms with van der Waals surface area (Å²) in [4.78, 5) is 7.03. The fraction of sp³-hybridized carbons (Fsp3) is 0.769. The molecule has 1 atom stereocenters. The van der Waals surface area contributed by atoms with E-state index in [2.05, 4.69) is 39.8 Å². The number of nitrogens with zero attached hydrogens (tertiary/aromatic N) is 3. The number of aromatic nitrogens is 2. The molecule has 1 unspecified atom stereocenters. The summed E-state index contributed by atoms with van der Waals surface area (Å²) in [7, 11) is 2.03. The summed E-state index contributed by atoms with van der Waals surface area (Å²) in [6, 6.07) is 1.07. The maximum absolute atomic E-state index is 4.55. The van der Waals surface area contributed by atoms with Crippen LogP contribution in [0.2, 0.25) is 0 Å². The summed E-state index contributed by atoms with van der Waals surface area (Å²) in [5, 5.41) is 3.30. The second-order valence-electron chi connectivity index (χ2n) is 5.13. The molecule has 0 saturated carbocycles. The first kappa shape index (κ1) is 12.4. The zero-order valence-corrected chi connectivity index (χ0v) is 11.2. The summed E-state index contributed by atoms with van der Waals surface area (Å²) >= 11 is 0. The lowest BCUT2D eigenvalue weighted by Crippen LogP contribution is -2.46. The summed E-state index contributed by atoms with van der Waals surface area (Å²) in [6.45, 7) is 6.60. The third-order valence-corrected chi connectivity index (χ3v) is 3.53. The number of hydrogen-bond donors (Lipinski definition) is 1. The van der Waals surface area contributed by atoms with Gasteiger partial charge in [0.25, 0.3) is 0 Å². The summed E-state index contributed by atoms with van der Waals surface area (Å²) in [5.41, 5.74) is 0. The molecule has 0 amide bonds. The van der Waals surface area contributed by atoms with Crippen molar-refractivity contribution in [2.24, 2.45) is 0 Å². The van der Waals surface area contributed by atoms with Gasteiger partial charge < -0.3 is 14.8 Å². The Morgan fingerprint density at radius 2 is 2.29 bits per heavy atom. The number of anilines is 1. The van der Waals surface area contributed by atoms with Crippen LogP contribution in [0.4, 0.5) is 5.95 Å². The van der Waals surface area contributed by atoms with E-state index in [4.69, 9.17) is 0 Å². The minimum atomic E-state index is 0.477. The normalized spacial score (nSPS) is 21.2. The van der Waals surface area contributed by atoms with E-state index >= 15 is 0 Å². The lowest BCUT2D eigenvalue weighted by atomic mass is 10.0. The molecule has 0 aromatic carbocycles. The van der Waals surface area contributed by atoms with Gasteiger partial charge in [-0.15, -0.1) is 0 Å². The van der Waals surface area contributed by atoms with Crippen molar-refractivity contribution in [2.75, 3.05) is 25.0 Å². The smallest absolute Gasteiger partial charge is 0.205 e. The van der Waals surface area contributed by atoms with Gasteiger partial charge in [0.05, 0.1) is 0 Å². The van der Waals surface area contributed by atoms with E-state index < -0.39 is 0 Å². The minimum absolute atomic E-state index is 0.477. The predicted octanol–water partition coefficient (Wildman–Crippen LogP) is 2.04.